The van der Waals surface area contributed by atoms with Crippen molar-refractivity contribution in [3.05, 3.63) is 0 Å². The molecule has 4 nitrogen and oxygen atoms in total. The first kappa shape index (κ1) is 10.9. The molecule has 1 aliphatic heterocycles. The zero-order valence-electron chi connectivity index (χ0n) is 9.07. The van der Waals surface area contributed by atoms with Crippen LogP contribution in [0.5, 0.6) is 0 Å². The van der Waals surface area contributed by atoms with E-state index in [4.69, 9.17) is 14.6 Å². The first-order valence-corrected chi connectivity index (χ1v) is 5.61. The van der Waals surface area contributed by atoms with Crippen molar-refractivity contribution >= 4 is 5.97 Å². The minimum Gasteiger partial charge on any atom is -0.479 e. The molecule has 3 atom stereocenters. The standard InChI is InChI=1S/C11H18O4/c1-14-9-4-2-3-6-11(9)7-5-8(15-11)10(12)13/h8-9H,2-7H2,1H3,(H,12,13). The van der Waals surface area contributed by atoms with E-state index in [1.54, 1.807) is 7.11 Å². The van der Waals surface area contributed by atoms with Gasteiger partial charge in [-0.05, 0) is 25.7 Å². The molecule has 1 N–H and O–H groups in total. The van der Waals surface area contributed by atoms with Crippen LogP contribution in [0.4, 0.5) is 0 Å². The van der Waals surface area contributed by atoms with Crippen LogP contribution in [0.25, 0.3) is 0 Å². The number of carboxylic acids is 1. The van der Waals surface area contributed by atoms with Gasteiger partial charge in [-0.1, -0.05) is 12.8 Å². The summed E-state index contributed by atoms with van der Waals surface area (Å²) in [7, 11) is 1.69. The van der Waals surface area contributed by atoms with Crippen LogP contribution in [-0.2, 0) is 14.3 Å². The van der Waals surface area contributed by atoms with Gasteiger partial charge in [0, 0.05) is 7.11 Å². The highest BCUT2D eigenvalue weighted by Crippen LogP contribution is 2.43. The van der Waals surface area contributed by atoms with Crippen LogP contribution >= 0.6 is 0 Å². The Morgan fingerprint density at radius 3 is 2.80 bits per heavy atom. The van der Waals surface area contributed by atoms with Crippen molar-refractivity contribution < 1.29 is 19.4 Å². The summed E-state index contributed by atoms with van der Waals surface area (Å²) in [5, 5.41) is 8.92. The van der Waals surface area contributed by atoms with Crippen LogP contribution in [0.1, 0.15) is 38.5 Å². The largest absolute Gasteiger partial charge is 0.479 e. The Morgan fingerprint density at radius 2 is 2.20 bits per heavy atom. The molecule has 2 fully saturated rings. The average molecular weight is 214 g/mol. The zero-order chi connectivity index (χ0) is 10.9. The summed E-state index contributed by atoms with van der Waals surface area (Å²) in [6, 6.07) is 0. The fourth-order valence-corrected chi connectivity index (χ4v) is 2.88. The van der Waals surface area contributed by atoms with Crippen LogP contribution in [0, 0.1) is 0 Å². The van der Waals surface area contributed by atoms with Crippen LogP contribution in [0.3, 0.4) is 0 Å². The molecule has 2 aliphatic rings. The Hall–Kier alpha value is -0.610. The molecule has 0 radical (unpaired) electrons. The van der Waals surface area contributed by atoms with Crippen molar-refractivity contribution in [1.29, 1.82) is 0 Å². The van der Waals surface area contributed by atoms with E-state index in [0.717, 1.165) is 32.1 Å². The van der Waals surface area contributed by atoms with E-state index in [9.17, 15) is 4.79 Å². The lowest BCUT2D eigenvalue weighted by Gasteiger charge is -2.39. The Labute approximate surface area is 89.6 Å². The van der Waals surface area contributed by atoms with Crippen LogP contribution in [-0.4, -0.2) is 36.0 Å². The van der Waals surface area contributed by atoms with E-state index in [0.29, 0.717) is 6.42 Å². The summed E-state index contributed by atoms with van der Waals surface area (Å²) >= 11 is 0. The second kappa shape index (κ2) is 4.10. The van der Waals surface area contributed by atoms with Crippen LogP contribution < -0.4 is 0 Å². The normalized spacial score (nSPS) is 40.9. The van der Waals surface area contributed by atoms with E-state index in [1.807, 2.05) is 0 Å². The molecule has 0 bridgehead atoms. The second-order valence-corrected chi connectivity index (χ2v) is 4.52. The monoisotopic (exact) mass is 214 g/mol. The summed E-state index contributed by atoms with van der Waals surface area (Å²) in [5.41, 5.74) is -0.309. The van der Waals surface area contributed by atoms with Crippen molar-refractivity contribution in [2.24, 2.45) is 0 Å². The van der Waals surface area contributed by atoms with Crippen molar-refractivity contribution in [1.82, 2.24) is 0 Å². The Morgan fingerprint density at radius 1 is 1.40 bits per heavy atom. The molecule has 1 saturated heterocycles. The molecule has 2 rings (SSSR count). The van der Waals surface area contributed by atoms with Crippen LogP contribution in [0.2, 0.25) is 0 Å². The third-order valence-electron chi connectivity index (χ3n) is 3.67. The fraction of sp³-hybridized carbons (Fsp3) is 0.909. The summed E-state index contributed by atoms with van der Waals surface area (Å²) in [5.74, 6) is -0.840. The Balaban J connectivity index is 2.09. The van der Waals surface area contributed by atoms with Gasteiger partial charge in [0.1, 0.15) is 0 Å². The van der Waals surface area contributed by atoms with Gasteiger partial charge in [0.25, 0.3) is 0 Å². The maximum atomic E-state index is 10.9. The molecule has 1 spiro atoms. The SMILES string of the molecule is COC1CCCCC12CCC(C(=O)O)O2. The molecule has 1 saturated carbocycles. The average Bonchev–Trinajstić information content (AvgIpc) is 2.64. The van der Waals surface area contributed by atoms with Gasteiger partial charge in [-0.2, -0.15) is 0 Å². The highest BCUT2D eigenvalue weighted by Gasteiger charge is 2.49. The van der Waals surface area contributed by atoms with Crippen molar-refractivity contribution in [3.8, 4) is 0 Å². The first-order chi connectivity index (χ1) is 7.18. The quantitative estimate of drug-likeness (QED) is 0.758. The Kier molecular flexibility index (Phi) is 2.98. The molecule has 86 valence electrons. The number of carboxylic acid groups (broad SMARTS) is 1. The topological polar surface area (TPSA) is 55.8 Å². The van der Waals surface area contributed by atoms with Gasteiger partial charge >= 0.3 is 5.97 Å². The van der Waals surface area contributed by atoms with E-state index in [-0.39, 0.29) is 11.7 Å². The second-order valence-electron chi connectivity index (χ2n) is 4.52. The maximum absolute atomic E-state index is 10.9. The predicted octanol–water partition coefficient (Wildman–Crippen LogP) is 1.58. The van der Waals surface area contributed by atoms with Gasteiger partial charge in [-0.3, -0.25) is 0 Å². The summed E-state index contributed by atoms with van der Waals surface area (Å²) in [6.45, 7) is 0. The lowest BCUT2D eigenvalue weighted by atomic mass is 9.80. The number of carbonyl (C=O) groups is 1. The third kappa shape index (κ3) is 1.88. The number of rotatable bonds is 2. The fourth-order valence-electron chi connectivity index (χ4n) is 2.88. The van der Waals surface area contributed by atoms with Gasteiger partial charge < -0.3 is 14.6 Å². The predicted molar refractivity (Wildman–Crippen MR) is 53.7 cm³/mol. The summed E-state index contributed by atoms with van der Waals surface area (Å²) in [4.78, 5) is 10.9. The number of ether oxygens (including phenoxy) is 2. The molecule has 0 aromatic rings. The minimum atomic E-state index is -0.840. The van der Waals surface area contributed by atoms with E-state index in [2.05, 4.69) is 0 Å². The van der Waals surface area contributed by atoms with Crippen molar-refractivity contribution in [2.45, 2.75) is 56.3 Å². The van der Waals surface area contributed by atoms with Crippen LogP contribution in [0.15, 0.2) is 0 Å². The number of hydrogen-bond donors (Lipinski definition) is 1. The molecular weight excluding hydrogens is 196 g/mol. The highest BCUT2D eigenvalue weighted by molar-refractivity contribution is 5.72. The first-order valence-electron chi connectivity index (χ1n) is 5.61. The molecule has 1 heterocycles. The number of hydrogen-bond acceptors (Lipinski definition) is 3. The zero-order valence-corrected chi connectivity index (χ0v) is 9.07. The lowest BCUT2D eigenvalue weighted by Crippen LogP contribution is -2.46. The van der Waals surface area contributed by atoms with Gasteiger partial charge in [-0.25, -0.2) is 4.79 Å². The van der Waals surface area contributed by atoms with Crippen molar-refractivity contribution in [3.63, 3.8) is 0 Å². The summed E-state index contributed by atoms with van der Waals surface area (Å²) in [6.07, 6.45) is 5.10. The van der Waals surface area contributed by atoms with Gasteiger partial charge in [0.15, 0.2) is 6.10 Å². The van der Waals surface area contributed by atoms with Gasteiger partial charge in [0.05, 0.1) is 11.7 Å². The van der Waals surface area contributed by atoms with Gasteiger partial charge in [0.2, 0.25) is 0 Å². The smallest absolute Gasteiger partial charge is 0.332 e. The highest BCUT2D eigenvalue weighted by atomic mass is 16.6. The van der Waals surface area contributed by atoms with E-state index < -0.39 is 12.1 Å². The summed E-state index contributed by atoms with van der Waals surface area (Å²) < 4.78 is 11.2. The molecule has 0 aromatic carbocycles. The van der Waals surface area contributed by atoms with E-state index in [1.165, 1.54) is 0 Å². The number of methoxy groups -OCH3 is 1. The molecule has 3 unspecified atom stereocenters. The molecule has 0 aromatic heterocycles. The van der Waals surface area contributed by atoms with Crippen molar-refractivity contribution in [2.75, 3.05) is 7.11 Å². The molecule has 0 amide bonds. The third-order valence-corrected chi connectivity index (χ3v) is 3.67. The molecule has 4 heteroatoms. The Bertz CT molecular complexity index is 253. The van der Waals surface area contributed by atoms with Gasteiger partial charge in [-0.15, -0.1) is 0 Å². The number of aliphatic carboxylic acids is 1. The minimum absolute atomic E-state index is 0.0793. The molecule has 15 heavy (non-hydrogen) atoms. The lowest BCUT2D eigenvalue weighted by molar-refractivity contribution is -0.172. The maximum Gasteiger partial charge on any atom is 0.332 e. The van der Waals surface area contributed by atoms with E-state index >= 15 is 0 Å². The molecule has 1 aliphatic carbocycles. The molecular formula is C11H18O4.